The molecule has 2 heterocycles. The first-order valence-electron chi connectivity index (χ1n) is 13.9. The molecule has 2 atom stereocenters. The number of aromatic nitrogens is 1. The number of likely N-dealkylation sites (tertiary alicyclic amines) is 1. The van der Waals surface area contributed by atoms with Crippen LogP contribution in [0.25, 0.3) is 21.0 Å². The maximum absolute atomic E-state index is 13.0. The molecule has 1 saturated heterocycles. The van der Waals surface area contributed by atoms with E-state index in [1.807, 2.05) is 50.4 Å². The SMILES string of the molecule is C#Cc1cc(-c2ncc(-c3cccc4c3CC[C@@H]4NS(=O)(=O)CCN3CCC[C@H](OC)C3)s2)ccc1OC(C)C. The fraction of sp³-hybridized carbons (Fsp3) is 0.452. The van der Waals surface area contributed by atoms with Gasteiger partial charge in [0, 0.05) is 38.0 Å². The van der Waals surface area contributed by atoms with Crippen molar-refractivity contribution in [3.8, 4) is 39.1 Å². The van der Waals surface area contributed by atoms with Crippen LogP contribution in [0, 0.1) is 12.3 Å². The number of nitrogens with one attached hydrogen (secondary N) is 1. The maximum Gasteiger partial charge on any atom is 0.213 e. The molecule has 7 nitrogen and oxygen atoms in total. The van der Waals surface area contributed by atoms with Crippen molar-refractivity contribution in [2.75, 3.05) is 32.5 Å². The number of terminal acetylenes is 1. The highest BCUT2D eigenvalue weighted by molar-refractivity contribution is 7.89. The molecule has 1 fully saturated rings. The van der Waals surface area contributed by atoms with Crippen molar-refractivity contribution in [1.29, 1.82) is 0 Å². The van der Waals surface area contributed by atoms with E-state index in [9.17, 15) is 8.42 Å². The predicted octanol–water partition coefficient (Wildman–Crippen LogP) is 5.26. The van der Waals surface area contributed by atoms with Gasteiger partial charge in [-0.2, -0.15) is 0 Å². The van der Waals surface area contributed by atoms with Crippen molar-refractivity contribution in [3.63, 3.8) is 0 Å². The average molecular weight is 580 g/mol. The monoisotopic (exact) mass is 579 g/mol. The molecule has 3 aromatic rings. The third kappa shape index (κ3) is 6.59. The lowest BCUT2D eigenvalue weighted by Gasteiger charge is -2.31. The summed E-state index contributed by atoms with van der Waals surface area (Å²) >= 11 is 1.61. The number of sulfonamides is 1. The Bertz CT molecular complexity index is 1490. The summed E-state index contributed by atoms with van der Waals surface area (Å²) in [6.07, 6.45) is 11.5. The second kappa shape index (κ2) is 12.4. The molecule has 0 unspecified atom stereocenters. The number of piperidine rings is 1. The van der Waals surface area contributed by atoms with Crippen LogP contribution in [0.5, 0.6) is 5.75 Å². The van der Waals surface area contributed by atoms with E-state index in [0.29, 0.717) is 17.9 Å². The topological polar surface area (TPSA) is 80.8 Å². The Morgan fingerprint density at radius 1 is 1.25 bits per heavy atom. The van der Waals surface area contributed by atoms with E-state index >= 15 is 0 Å². The molecule has 1 aliphatic carbocycles. The van der Waals surface area contributed by atoms with Crippen molar-refractivity contribution < 1.29 is 17.9 Å². The number of nitrogens with zero attached hydrogens (tertiary/aromatic N) is 2. The van der Waals surface area contributed by atoms with Gasteiger partial charge in [-0.15, -0.1) is 17.8 Å². The normalized spacial score (nSPS) is 19.5. The summed E-state index contributed by atoms with van der Waals surface area (Å²) in [5.74, 6) is 3.51. The fourth-order valence-corrected chi connectivity index (χ4v) is 7.87. The summed E-state index contributed by atoms with van der Waals surface area (Å²) in [5.41, 5.74) is 5.01. The highest BCUT2D eigenvalue weighted by atomic mass is 32.2. The molecule has 5 rings (SSSR count). The number of hydrogen-bond donors (Lipinski definition) is 1. The summed E-state index contributed by atoms with van der Waals surface area (Å²) in [7, 11) is -1.70. The summed E-state index contributed by atoms with van der Waals surface area (Å²) in [5, 5.41) is 0.879. The molecule has 40 heavy (non-hydrogen) atoms. The predicted molar refractivity (Wildman–Crippen MR) is 161 cm³/mol. The van der Waals surface area contributed by atoms with Gasteiger partial charge in [-0.25, -0.2) is 18.1 Å². The highest BCUT2D eigenvalue weighted by Crippen LogP contribution is 2.41. The van der Waals surface area contributed by atoms with Crippen molar-refractivity contribution in [2.24, 2.45) is 0 Å². The molecule has 9 heteroatoms. The van der Waals surface area contributed by atoms with Crippen LogP contribution in [-0.2, 0) is 21.2 Å². The second-order valence-corrected chi connectivity index (χ2v) is 13.7. The van der Waals surface area contributed by atoms with Gasteiger partial charge in [0.2, 0.25) is 10.0 Å². The fourth-order valence-electron chi connectivity index (χ4n) is 5.61. The van der Waals surface area contributed by atoms with Gasteiger partial charge in [0.25, 0.3) is 0 Å². The Kier molecular flexibility index (Phi) is 8.93. The van der Waals surface area contributed by atoms with Crippen LogP contribution < -0.4 is 9.46 Å². The van der Waals surface area contributed by atoms with Crippen LogP contribution in [-0.4, -0.2) is 63.0 Å². The Morgan fingerprint density at radius 3 is 2.88 bits per heavy atom. The number of rotatable bonds is 10. The first-order chi connectivity index (χ1) is 19.3. The van der Waals surface area contributed by atoms with Gasteiger partial charge in [-0.3, -0.25) is 4.90 Å². The molecule has 0 amide bonds. The van der Waals surface area contributed by atoms with E-state index < -0.39 is 10.0 Å². The van der Waals surface area contributed by atoms with Crippen LogP contribution in [0.1, 0.15) is 55.8 Å². The largest absolute Gasteiger partial charge is 0.490 e. The smallest absolute Gasteiger partial charge is 0.213 e. The zero-order chi connectivity index (χ0) is 28.3. The van der Waals surface area contributed by atoms with Crippen molar-refractivity contribution in [2.45, 2.75) is 57.8 Å². The minimum absolute atomic E-state index is 0.0382. The Morgan fingerprint density at radius 2 is 2.10 bits per heavy atom. The number of methoxy groups -OCH3 is 1. The minimum Gasteiger partial charge on any atom is -0.490 e. The summed E-state index contributed by atoms with van der Waals surface area (Å²) < 4.78 is 40.4. The summed E-state index contributed by atoms with van der Waals surface area (Å²) in [4.78, 5) is 7.94. The Hall–Kier alpha value is -2.74. The first-order valence-corrected chi connectivity index (χ1v) is 16.3. The molecule has 0 radical (unpaired) electrons. The molecule has 2 aliphatic rings. The standard InChI is InChI=1S/C31H37N3O4S2/c1-5-22-18-23(11-14-29(22)38-21(2)3)31-32-19-30(39-31)27-10-6-9-26-25(27)12-13-28(26)33-40(35,36)17-16-34-15-7-8-24(20-34)37-4/h1,6,9-11,14,18-19,21,24,28,33H,7-8,12-13,15-17,20H2,2-4H3/t24-,28-/m0/s1. The third-order valence-corrected chi connectivity index (χ3v) is 10.0. The molecule has 0 spiro atoms. The molecule has 1 N–H and O–H groups in total. The van der Waals surface area contributed by atoms with Crippen LogP contribution in [0.2, 0.25) is 0 Å². The Balaban J connectivity index is 1.29. The van der Waals surface area contributed by atoms with Gasteiger partial charge >= 0.3 is 0 Å². The zero-order valence-corrected chi connectivity index (χ0v) is 25.0. The molecular formula is C31H37N3O4S2. The second-order valence-electron chi connectivity index (χ2n) is 10.8. The highest BCUT2D eigenvalue weighted by Gasteiger charge is 2.29. The molecular weight excluding hydrogens is 542 g/mol. The van der Waals surface area contributed by atoms with Gasteiger partial charge in [0.1, 0.15) is 10.8 Å². The number of thiazole rings is 1. The van der Waals surface area contributed by atoms with Crippen LogP contribution >= 0.6 is 11.3 Å². The molecule has 1 aliphatic heterocycles. The van der Waals surface area contributed by atoms with Crippen LogP contribution in [0.3, 0.4) is 0 Å². The van der Waals surface area contributed by atoms with Gasteiger partial charge in [-0.1, -0.05) is 24.1 Å². The van der Waals surface area contributed by atoms with Gasteiger partial charge in [-0.05, 0) is 81.0 Å². The van der Waals surface area contributed by atoms with E-state index in [1.165, 1.54) is 5.56 Å². The number of fused-ring (bicyclic) bond motifs is 1. The number of hydrogen-bond acceptors (Lipinski definition) is 7. The molecule has 212 valence electrons. The molecule has 0 saturated carbocycles. The third-order valence-electron chi connectivity index (χ3n) is 7.58. The van der Waals surface area contributed by atoms with E-state index in [4.69, 9.17) is 20.9 Å². The minimum atomic E-state index is -3.43. The van der Waals surface area contributed by atoms with E-state index in [-0.39, 0.29) is 24.0 Å². The van der Waals surface area contributed by atoms with E-state index in [2.05, 4.69) is 21.6 Å². The first kappa shape index (κ1) is 28.8. The molecule has 0 bridgehead atoms. The average Bonchev–Trinajstić information content (AvgIpc) is 3.60. The number of benzene rings is 2. The summed E-state index contributed by atoms with van der Waals surface area (Å²) in [6, 6.07) is 11.8. The maximum atomic E-state index is 13.0. The van der Waals surface area contributed by atoms with Crippen LogP contribution in [0.4, 0.5) is 0 Å². The quantitative estimate of drug-likeness (QED) is 0.330. The lowest BCUT2D eigenvalue weighted by Crippen LogP contribution is -2.43. The van der Waals surface area contributed by atoms with Gasteiger partial charge in [0.05, 0.1) is 28.4 Å². The van der Waals surface area contributed by atoms with Crippen molar-refractivity contribution >= 4 is 21.4 Å². The van der Waals surface area contributed by atoms with Crippen LogP contribution in [0.15, 0.2) is 42.6 Å². The lowest BCUT2D eigenvalue weighted by molar-refractivity contribution is 0.0336. The zero-order valence-electron chi connectivity index (χ0n) is 23.4. The van der Waals surface area contributed by atoms with E-state index in [0.717, 1.165) is 65.3 Å². The Labute approximate surface area is 242 Å². The van der Waals surface area contributed by atoms with Crippen molar-refractivity contribution in [3.05, 3.63) is 59.3 Å². The van der Waals surface area contributed by atoms with E-state index in [1.54, 1.807) is 18.4 Å². The molecule has 2 aromatic carbocycles. The van der Waals surface area contributed by atoms with Gasteiger partial charge in [0.15, 0.2) is 0 Å². The summed E-state index contributed by atoms with van der Waals surface area (Å²) in [6.45, 7) is 6.18. The van der Waals surface area contributed by atoms with Crippen molar-refractivity contribution in [1.82, 2.24) is 14.6 Å². The lowest BCUT2D eigenvalue weighted by atomic mass is 10.0. The number of ether oxygens (including phenoxy) is 2. The molecule has 1 aromatic heterocycles. The van der Waals surface area contributed by atoms with Gasteiger partial charge < -0.3 is 9.47 Å².